The lowest BCUT2D eigenvalue weighted by atomic mass is 10.1. The minimum Gasteiger partial charge on any atom is -0.494 e. The third-order valence-electron chi connectivity index (χ3n) is 2.71. The number of para-hydroxylation sites is 1. The van der Waals surface area contributed by atoms with E-state index in [-0.39, 0.29) is 12.8 Å². The van der Waals surface area contributed by atoms with Crippen molar-refractivity contribution in [2.45, 2.75) is 13.0 Å². The normalized spacial score (nSPS) is 19.3. The van der Waals surface area contributed by atoms with E-state index in [1.54, 1.807) is 4.90 Å². The first-order valence-corrected chi connectivity index (χ1v) is 5.94. The molecule has 1 unspecified atom stereocenters. The quantitative estimate of drug-likeness (QED) is 0.827. The predicted octanol–water partition coefficient (Wildman–Crippen LogP) is 1.69. The number of thiocarbonyl (C=S) groups is 1. The molecule has 1 fully saturated rings. The van der Waals surface area contributed by atoms with Crippen LogP contribution in [0.5, 0.6) is 5.75 Å². The number of aliphatic hydroxyl groups excluding tert-OH is 1. The molecule has 2 rings (SSSR count). The van der Waals surface area contributed by atoms with E-state index < -0.39 is 0 Å². The molecule has 4 nitrogen and oxygen atoms in total. The summed E-state index contributed by atoms with van der Waals surface area (Å²) in [6.07, 6.45) is 0. The molecule has 1 N–H and O–H groups in total. The summed E-state index contributed by atoms with van der Waals surface area (Å²) in [5.41, 5.74) is 0.989. The molecule has 1 atom stereocenters. The van der Waals surface area contributed by atoms with Crippen LogP contribution in [0, 0.1) is 0 Å². The zero-order valence-electron chi connectivity index (χ0n) is 9.63. The van der Waals surface area contributed by atoms with E-state index in [2.05, 4.69) is 0 Å². The number of nitrogens with zero attached hydrogens (tertiary/aromatic N) is 1. The van der Waals surface area contributed by atoms with Crippen molar-refractivity contribution in [3.8, 4) is 5.75 Å². The lowest BCUT2D eigenvalue weighted by molar-refractivity contribution is 0.149. The van der Waals surface area contributed by atoms with Crippen LogP contribution in [0.1, 0.15) is 18.5 Å². The summed E-state index contributed by atoms with van der Waals surface area (Å²) in [6, 6.07) is 7.67. The number of hydrogen-bond acceptors (Lipinski definition) is 4. The third kappa shape index (κ3) is 2.35. The maximum absolute atomic E-state index is 9.31. The van der Waals surface area contributed by atoms with Gasteiger partial charge in [-0.05, 0) is 25.2 Å². The SMILES string of the molecule is CCOc1ccccc1C1COC(=S)N1CO. The van der Waals surface area contributed by atoms with Crippen LogP contribution < -0.4 is 4.74 Å². The van der Waals surface area contributed by atoms with Crippen LogP contribution in [-0.4, -0.2) is 35.1 Å². The Morgan fingerprint density at radius 3 is 3.00 bits per heavy atom. The first-order valence-electron chi connectivity index (χ1n) is 5.54. The summed E-state index contributed by atoms with van der Waals surface area (Å²) in [6.45, 7) is 2.85. The van der Waals surface area contributed by atoms with Gasteiger partial charge in [0.1, 0.15) is 19.1 Å². The highest BCUT2D eigenvalue weighted by molar-refractivity contribution is 7.80. The number of hydrogen-bond donors (Lipinski definition) is 1. The zero-order chi connectivity index (χ0) is 12.3. The van der Waals surface area contributed by atoms with Crippen LogP contribution in [0.25, 0.3) is 0 Å². The van der Waals surface area contributed by atoms with Crippen molar-refractivity contribution in [1.82, 2.24) is 4.90 Å². The molecule has 17 heavy (non-hydrogen) atoms. The van der Waals surface area contributed by atoms with Crippen molar-refractivity contribution in [3.05, 3.63) is 29.8 Å². The van der Waals surface area contributed by atoms with Crippen LogP contribution in [0.3, 0.4) is 0 Å². The summed E-state index contributed by atoms with van der Waals surface area (Å²) >= 11 is 5.03. The molecular formula is C12H15NO3S. The lowest BCUT2D eigenvalue weighted by Gasteiger charge is -2.22. The van der Waals surface area contributed by atoms with E-state index in [0.717, 1.165) is 11.3 Å². The van der Waals surface area contributed by atoms with E-state index >= 15 is 0 Å². The van der Waals surface area contributed by atoms with Gasteiger partial charge in [-0.1, -0.05) is 18.2 Å². The second-order valence-electron chi connectivity index (χ2n) is 3.67. The Labute approximate surface area is 106 Å². The Balaban J connectivity index is 2.30. The average Bonchev–Trinajstić information content (AvgIpc) is 2.71. The molecule has 1 saturated heterocycles. The number of benzene rings is 1. The third-order valence-corrected chi connectivity index (χ3v) is 3.06. The molecule has 0 aromatic heterocycles. The Bertz CT molecular complexity index is 410. The van der Waals surface area contributed by atoms with Gasteiger partial charge >= 0.3 is 0 Å². The van der Waals surface area contributed by atoms with Gasteiger partial charge in [0.25, 0.3) is 5.17 Å². The van der Waals surface area contributed by atoms with E-state index in [4.69, 9.17) is 21.7 Å². The molecule has 0 bridgehead atoms. The molecule has 92 valence electrons. The number of aliphatic hydroxyl groups is 1. The summed E-state index contributed by atoms with van der Waals surface area (Å²) in [5, 5.41) is 9.64. The molecule has 1 aromatic rings. The van der Waals surface area contributed by atoms with Gasteiger partial charge in [-0.3, -0.25) is 4.90 Å². The minimum absolute atomic E-state index is 0.0738. The summed E-state index contributed by atoms with van der Waals surface area (Å²) < 4.78 is 10.9. The Morgan fingerprint density at radius 2 is 2.29 bits per heavy atom. The Morgan fingerprint density at radius 1 is 1.53 bits per heavy atom. The highest BCUT2D eigenvalue weighted by Gasteiger charge is 2.32. The smallest absolute Gasteiger partial charge is 0.261 e. The molecule has 1 aliphatic heterocycles. The summed E-state index contributed by atoms with van der Waals surface area (Å²) in [5.74, 6) is 0.812. The maximum atomic E-state index is 9.31. The van der Waals surface area contributed by atoms with Gasteiger partial charge in [-0.15, -0.1) is 0 Å². The predicted molar refractivity (Wildman–Crippen MR) is 67.8 cm³/mol. The molecule has 0 radical (unpaired) electrons. The molecule has 0 saturated carbocycles. The fourth-order valence-electron chi connectivity index (χ4n) is 1.91. The highest BCUT2D eigenvalue weighted by atomic mass is 32.1. The summed E-state index contributed by atoms with van der Waals surface area (Å²) in [4.78, 5) is 1.65. The Kier molecular flexibility index (Phi) is 3.81. The van der Waals surface area contributed by atoms with Crippen LogP contribution in [0.2, 0.25) is 0 Å². The van der Waals surface area contributed by atoms with E-state index in [1.807, 2.05) is 31.2 Å². The van der Waals surface area contributed by atoms with Crippen molar-refractivity contribution < 1.29 is 14.6 Å². The van der Waals surface area contributed by atoms with Crippen LogP contribution >= 0.6 is 12.2 Å². The van der Waals surface area contributed by atoms with Gasteiger partial charge in [0.2, 0.25) is 0 Å². The van der Waals surface area contributed by atoms with Crippen LogP contribution in [0.4, 0.5) is 0 Å². The van der Waals surface area contributed by atoms with Crippen molar-refractivity contribution in [3.63, 3.8) is 0 Å². The highest BCUT2D eigenvalue weighted by Crippen LogP contribution is 2.33. The first kappa shape index (κ1) is 12.1. The number of rotatable bonds is 4. The average molecular weight is 253 g/mol. The second kappa shape index (κ2) is 5.33. The summed E-state index contributed by atoms with van der Waals surface area (Å²) in [7, 11) is 0. The fraction of sp³-hybridized carbons (Fsp3) is 0.417. The van der Waals surface area contributed by atoms with Crippen molar-refractivity contribution in [2.24, 2.45) is 0 Å². The van der Waals surface area contributed by atoms with Crippen molar-refractivity contribution in [1.29, 1.82) is 0 Å². The molecule has 0 amide bonds. The topological polar surface area (TPSA) is 41.9 Å². The van der Waals surface area contributed by atoms with Gasteiger partial charge in [0, 0.05) is 5.56 Å². The molecular weight excluding hydrogens is 238 g/mol. The fourth-order valence-corrected chi connectivity index (χ4v) is 2.16. The van der Waals surface area contributed by atoms with E-state index in [1.165, 1.54) is 0 Å². The molecule has 0 spiro atoms. The van der Waals surface area contributed by atoms with Gasteiger partial charge in [-0.2, -0.15) is 0 Å². The van der Waals surface area contributed by atoms with Gasteiger partial charge in [0.15, 0.2) is 0 Å². The molecule has 1 aromatic carbocycles. The van der Waals surface area contributed by atoms with E-state index in [0.29, 0.717) is 18.4 Å². The van der Waals surface area contributed by atoms with Crippen molar-refractivity contribution >= 4 is 17.4 Å². The minimum atomic E-state index is -0.149. The van der Waals surface area contributed by atoms with Crippen molar-refractivity contribution in [2.75, 3.05) is 19.9 Å². The second-order valence-corrected chi connectivity index (χ2v) is 4.02. The van der Waals surface area contributed by atoms with Crippen LogP contribution in [-0.2, 0) is 4.74 Å². The molecule has 5 heteroatoms. The molecule has 1 heterocycles. The van der Waals surface area contributed by atoms with Gasteiger partial charge in [0.05, 0.1) is 12.6 Å². The van der Waals surface area contributed by atoms with Crippen LogP contribution in [0.15, 0.2) is 24.3 Å². The van der Waals surface area contributed by atoms with Gasteiger partial charge in [-0.25, -0.2) is 0 Å². The first-order chi connectivity index (χ1) is 8.27. The standard InChI is InChI=1S/C12H15NO3S/c1-2-15-11-6-4-3-5-9(11)10-7-16-12(17)13(10)8-14/h3-6,10,14H,2,7-8H2,1H3. The molecule has 0 aliphatic carbocycles. The van der Waals surface area contributed by atoms with E-state index in [9.17, 15) is 5.11 Å². The largest absolute Gasteiger partial charge is 0.494 e. The molecule has 1 aliphatic rings. The van der Waals surface area contributed by atoms with Gasteiger partial charge < -0.3 is 14.6 Å². The maximum Gasteiger partial charge on any atom is 0.261 e. The monoisotopic (exact) mass is 253 g/mol. The zero-order valence-corrected chi connectivity index (χ0v) is 10.4. The Hall–Kier alpha value is -1.33. The lowest BCUT2D eigenvalue weighted by Crippen LogP contribution is -2.28. The number of ether oxygens (including phenoxy) is 2.